The van der Waals surface area contributed by atoms with Crippen LogP contribution in [-0.2, 0) is 29.9 Å². The second-order valence-electron chi connectivity index (χ2n) is 13.1. The third kappa shape index (κ3) is 4.56. The van der Waals surface area contributed by atoms with E-state index >= 15 is 0 Å². The van der Waals surface area contributed by atoms with Gasteiger partial charge in [0.2, 0.25) is 0 Å². The molecule has 6 nitrogen and oxygen atoms in total. The van der Waals surface area contributed by atoms with E-state index in [4.69, 9.17) is 14.5 Å². The standard InChI is InChI=1S/C41H38N2O4/c1-3-46-36(44)23-40(30-17-9-7-15-28(30)38-32(40)21-26-13-5-11-19-34(26)42-38)25-41(24-37(45)47-4-2)31-18-10-8-16-29(31)39-33(41)22-27-14-6-12-20-35(27)43-39/h5-15,17-22,29,34,42H,3-4,16,23-25H2,1-2H3/t29?,34?,40-,41?/m0/s1. The third-order valence-electron chi connectivity index (χ3n) is 10.6. The Kier molecular flexibility index (Phi) is 7.12. The van der Waals surface area contributed by atoms with Crippen LogP contribution in [0, 0.1) is 0 Å². The summed E-state index contributed by atoms with van der Waals surface area (Å²) in [5, 5.41) is 4.85. The number of hydrogen-bond acceptors (Lipinski definition) is 6. The van der Waals surface area contributed by atoms with E-state index in [2.05, 4.69) is 96.4 Å². The van der Waals surface area contributed by atoms with E-state index in [9.17, 15) is 9.59 Å². The molecule has 1 aliphatic heterocycles. The van der Waals surface area contributed by atoms with Crippen molar-refractivity contribution in [2.75, 3.05) is 13.2 Å². The average molecular weight is 623 g/mol. The van der Waals surface area contributed by atoms with Crippen molar-refractivity contribution in [1.29, 1.82) is 0 Å². The summed E-state index contributed by atoms with van der Waals surface area (Å²) >= 11 is 0. The molecule has 5 aliphatic rings. The molecule has 8 rings (SSSR count). The van der Waals surface area contributed by atoms with Gasteiger partial charge in [-0.2, -0.15) is 0 Å². The number of benzene rings is 2. The lowest BCUT2D eigenvalue weighted by Gasteiger charge is -2.43. The molecule has 0 radical (unpaired) electrons. The quantitative estimate of drug-likeness (QED) is 0.263. The van der Waals surface area contributed by atoms with Crippen molar-refractivity contribution in [2.45, 2.75) is 62.3 Å². The summed E-state index contributed by atoms with van der Waals surface area (Å²) in [6, 6.07) is 18.9. The minimum atomic E-state index is -0.801. The van der Waals surface area contributed by atoms with Crippen molar-refractivity contribution in [1.82, 2.24) is 10.3 Å². The van der Waals surface area contributed by atoms with Gasteiger partial charge in [0.25, 0.3) is 0 Å². The maximum Gasteiger partial charge on any atom is 0.307 e. The fourth-order valence-corrected chi connectivity index (χ4v) is 8.81. The molecular formula is C41H38N2O4. The molecule has 3 aromatic rings. The zero-order valence-electron chi connectivity index (χ0n) is 26.8. The lowest BCUT2D eigenvalue weighted by molar-refractivity contribution is -0.144. The summed E-state index contributed by atoms with van der Waals surface area (Å²) in [6.45, 7) is 4.29. The number of rotatable bonds is 8. The Morgan fingerprint density at radius 2 is 1.68 bits per heavy atom. The first-order valence-corrected chi connectivity index (χ1v) is 16.7. The molecule has 2 heterocycles. The van der Waals surface area contributed by atoms with Crippen molar-refractivity contribution in [3.63, 3.8) is 0 Å². The summed E-state index contributed by atoms with van der Waals surface area (Å²) in [7, 11) is 0. The predicted octanol–water partition coefficient (Wildman–Crippen LogP) is 7.44. The normalized spacial score (nSPS) is 26.0. The predicted molar refractivity (Wildman–Crippen MR) is 183 cm³/mol. The van der Waals surface area contributed by atoms with Crippen molar-refractivity contribution >= 4 is 28.5 Å². The summed E-state index contributed by atoms with van der Waals surface area (Å²) in [5.41, 5.74) is 7.97. The Hall–Kier alpha value is -4.97. The zero-order chi connectivity index (χ0) is 32.2. The highest BCUT2D eigenvalue weighted by atomic mass is 16.5. The molecule has 3 unspecified atom stereocenters. The number of allylic oxidation sites excluding steroid dienone is 8. The summed E-state index contributed by atoms with van der Waals surface area (Å²) in [4.78, 5) is 33.0. The first-order chi connectivity index (χ1) is 23.0. The Morgan fingerprint density at radius 3 is 2.51 bits per heavy atom. The number of fused-ring (bicyclic) bond motifs is 7. The number of carbonyl (C=O) groups is 2. The fraction of sp³-hybridized carbons (Fsp3) is 0.293. The van der Waals surface area contributed by atoms with Gasteiger partial charge in [-0.1, -0.05) is 91.1 Å². The zero-order valence-corrected chi connectivity index (χ0v) is 26.8. The van der Waals surface area contributed by atoms with Crippen LogP contribution in [0.1, 0.15) is 67.8 Å². The molecule has 0 amide bonds. The number of ether oxygens (including phenoxy) is 2. The van der Waals surface area contributed by atoms with Crippen LogP contribution in [0.3, 0.4) is 0 Å². The summed E-state index contributed by atoms with van der Waals surface area (Å²) in [6.07, 6.45) is 18.8. The van der Waals surface area contributed by atoms with Crippen LogP contribution in [0.15, 0.2) is 120 Å². The maximum atomic E-state index is 13.8. The minimum Gasteiger partial charge on any atom is -0.466 e. The van der Waals surface area contributed by atoms with Crippen LogP contribution >= 0.6 is 0 Å². The second kappa shape index (κ2) is 11.4. The lowest BCUT2D eigenvalue weighted by Crippen LogP contribution is -2.43. The van der Waals surface area contributed by atoms with Gasteiger partial charge in [0.1, 0.15) is 0 Å². The van der Waals surface area contributed by atoms with Gasteiger partial charge in [0, 0.05) is 33.4 Å². The molecule has 0 saturated carbocycles. The molecule has 0 bridgehead atoms. The molecule has 0 spiro atoms. The SMILES string of the molecule is CCOC(=O)CC1(C[C@]2(CC(=O)OCC)C3=C(NC4C=CC=CC4=C3)c3ccccc32)C2=CC=CCC2c2nc3ccccc3cc21. The van der Waals surface area contributed by atoms with Gasteiger partial charge in [-0.3, -0.25) is 14.6 Å². The van der Waals surface area contributed by atoms with Gasteiger partial charge in [-0.05, 0) is 66.7 Å². The van der Waals surface area contributed by atoms with Gasteiger partial charge >= 0.3 is 11.9 Å². The van der Waals surface area contributed by atoms with E-state index in [0.717, 1.165) is 62.1 Å². The molecule has 2 aromatic carbocycles. The van der Waals surface area contributed by atoms with Gasteiger partial charge < -0.3 is 14.8 Å². The largest absolute Gasteiger partial charge is 0.466 e. The summed E-state index contributed by atoms with van der Waals surface area (Å²) in [5.74, 6) is -0.488. The Labute approximate surface area is 275 Å². The first-order valence-electron chi connectivity index (χ1n) is 16.7. The van der Waals surface area contributed by atoms with Crippen LogP contribution in [0.4, 0.5) is 0 Å². The van der Waals surface area contributed by atoms with E-state index in [1.165, 1.54) is 0 Å². The minimum absolute atomic E-state index is 0.0254. The number of dihydropyridines is 1. The van der Waals surface area contributed by atoms with Crippen molar-refractivity contribution in [3.05, 3.63) is 142 Å². The number of hydrogen-bond donors (Lipinski definition) is 1. The third-order valence-corrected chi connectivity index (χ3v) is 10.6. The van der Waals surface area contributed by atoms with Crippen LogP contribution in [0.2, 0.25) is 0 Å². The molecule has 236 valence electrons. The molecule has 6 heteroatoms. The van der Waals surface area contributed by atoms with Crippen molar-refractivity contribution < 1.29 is 19.1 Å². The molecular weight excluding hydrogens is 584 g/mol. The smallest absolute Gasteiger partial charge is 0.307 e. The van der Waals surface area contributed by atoms with Gasteiger partial charge in [-0.25, -0.2) is 0 Å². The fourth-order valence-electron chi connectivity index (χ4n) is 8.81. The highest BCUT2D eigenvalue weighted by Gasteiger charge is 2.58. The number of aromatic nitrogens is 1. The lowest BCUT2D eigenvalue weighted by atomic mass is 9.59. The molecule has 4 aliphatic carbocycles. The molecule has 0 fully saturated rings. The number of nitrogens with one attached hydrogen (secondary N) is 1. The number of esters is 2. The first kappa shape index (κ1) is 29.4. The van der Waals surface area contributed by atoms with Crippen molar-refractivity contribution in [2.24, 2.45) is 0 Å². The average Bonchev–Trinajstić information content (AvgIpc) is 3.49. The number of carbonyl (C=O) groups excluding carboxylic acids is 2. The number of nitrogens with zero attached hydrogens (tertiary/aromatic N) is 1. The Morgan fingerprint density at radius 1 is 0.915 bits per heavy atom. The van der Waals surface area contributed by atoms with Crippen LogP contribution < -0.4 is 5.32 Å². The van der Waals surface area contributed by atoms with Gasteiger partial charge in [0.05, 0.1) is 43.3 Å². The number of para-hydroxylation sites is 1. The number of pyridine rings is 1. The van der Waals surface area contributed by atoms with Crippen LogP contribution in [0.25, 0.3) is 16.6 Å². The van der Waals surface area contributed by atoms with E-state index in [0.29, 0.717) is 19.6 Å². The summed E-state index contributed by atoms with van der Waals surface area (Å²) < 4.78 is 11.4. The van der Waals surface area contributed by atoms with E-state index in [1.807, 2.05) is 26.0 Å². The Balaban J connectivity index is 1.41. The van der Waals surface area contributed by atoms with Crippen LogP contribution in [0.5, 0.6) is 0 Å². The highest BCUT2D eigenvalue weighted by Crippen LogP contribution is 2.63. The van der Waals surface area contributed by atoms with Crippen LogP contribution in [-0.4, -0.2) is 36.2 Å². The van der Waals surface area contributed by atoms with Gasteiger partial charge in [0.15, 0.2) is 0 Å². The van der Waals surface area contributed by atoms with Gasteiger partial charge in [-0.15, -0.1) is 0 Å². The topological polar surface area (TPSA) is 77.5 Å². The van der Waals surface area contributed by atoms with E-state index < -0.39 is 10.8 Å². The second-order valence-corrected chi connectivity index (χ2v) is 13.1. The maximum absolute atomic E-state index is 13.8. The van der Waals surface area contributed by atoms with E-state index in [-0.39, 0.29) is 36.7 Å². The van der Waals surface area contributed by atoms with Crippen molar-refractivity contribution in [3.8, 4) is 0 Å². The monoisotopic (exact) mass is 622 g/mol. The highest BCUT2D eigenvalue weighted by molar-refractivity contribution is 5.88. The van der Waals surface area contributed by atoms with E-state index in [1.54, 1.807) is 0 Å². The molecule has 4 atom stereocenters. The molecule has 1 aromatic heterocycles. The Bertz CT molecular complexity index is 2010. The molecule has 47 heavy (non-hydrogen) atoms. The molecule has 0 saturated heterocycles. The molecule has 1 N–H and O–H groups in total.